The number of aromatic nitrogens is 2. The van der Waals surface area contributed by atoms with Gasteiger partial charge in [-0.05, 0) is 68.4 Å². The molecule has 2 aromatic heterocycles. The summed E-state index contributed by atoms with van der Waals surface area (Å²) in [4.78, 5) is 17.5. The quantitative estimate of drug-likeness (QED) is 0.250. The van der Waals surface area contributed by atoms with Gasteiger partial charge in [-0.1, -0.05) is 6.07 Å². The van der Waals surface area contributed by atoms with Gasteiger partial charge in [-0.2, -0.15) is 5.10 Å². The van der Waals surface area contributed by atoms with E-state index >= 15 is 0 Å². The molecule has 0 saturated carbocycles. The van der Waals surface area contributed by atoms with Crippen molar-refractivity contribution in [2.75, 3.05) is 12.9 Å². The first kappa shape index (κ1) is 21.6. The lowest BCUT2D eigenvalue weighted by Gasteiger charge is -2.10. The summed E-state index contributed by atoms with van der Waals surface area (Å²) in [6.07, 6.45) is 3.49. The number of nitrogens with zero attached hydrogens (tertiary/aromatic N) is 3. The number of pyridine rings is 1. The predicted molar refractivity (Wildman–Crippen MR) is 130 cm³/mol. The van der Waals surface area contributed by atoms with E-state index < -0.39 is 0 Å². The summed E-state index contributed by atoms with van der Waals surface area (Å²) in [7, 11) is 1.63. The minimum absolute atomic E-state index is 0.155. The van der Waals surface area contributed by atoms with Crippen LogP contribution in [0.4, 0.5) is 0 Å². The Balaban J connectivity index is 1.41. The van der Waals surface area contributed by atoms with Crippen LogP contribution in [0.2, 0.25) is 0 Å². The third-order valence-electron chi connectivity index (χ3n) is 5.14. The topological polar surface area (TPSA) is 68.5 Å². The van der Waals surface area contributed by atoms with E-state index in [-0.39, 0.29) is 11.7 Å². The molecule has 0 fully saturated rings. The molecule has 2 heterocycles. The van der Waals surface area contributed by atoms with Gasteiger partial charge >= 0.3 is 0 Å². The van der Waals surface area contributed by atoms with E-state index in [1.165, 1.54) is 11.8 Å². The maximum atomic E-state index is 12.2. The van der Waals surface area contributed by atoms with Crippen molar-refractivity contribution < 1.29 is 9.53 Å². The van der Waals surface area contributed by atoms with Crippen LogP contribution in [0.25, 0.3) is 16.6 Å². The van der Waals surface area contributed by atoms with Crippen LogP contribution in [0, 0.1) is 13.8 Å². The highest BCUT2D eigenvalue weighted by atomic mass is 32.2. The van der Waals surface area contributed by atoms with Gasteiger partial charge in [-0.15, -0.1) is 11.8 Å². The maximum Gasteiger partial charge on any atom is 0.250 e. The van der Waals surface area contributed by atoms with Crippen molar-refractivity contribution in [2.45, 2.75) is 18.7 Å². The monoisotopic (exact) mass is 444 g/mol. The molecule has 6 nitrogen and oxygen atoms in total. The zero-order valence-corrected chi connectivity index (χ0v) is 19.0. The second-order valence-electron chi connectivity index (χ2n) is 7.30. The van der Waals surface area contributed by atoms with Crippen LogP contribution in [-0.4, -0.2) is 34.5 Å². The molecule has 0 aliphatic carbocycles. The molecule has 4 rings (SSSR count). The first-order valence-corrected chi connectivity index (χ1v) is 11.2. The van der Waals surface area contributed by atoms with Crippen LogP contribution in [0.3, 0.4) is 0 Å². The molecular formula is C25H24N4O2S. The summed E-state index contributed by atoms with van der Waals surface area (Å²) >= 11 is 1.45. The van der Waals surface area contributed by atoms with E-state index in [1.54, 1.807) is 19.5 Å². The number of fused-ring (bicyclic) bond motifs is 1. The highest BCUT2D eigenvalue weighted by Gasteiger charge is 2.10. The van der Waals surface area contributed by atoms with Crippen LogP contribution in [-0.2, 0) is 4.79 Å². The zero-order valence-electron chi connectivity index (χ0n) is 18.2. The Kier molecular flexibility index (Phi) is 6.56. The molecule has 0 saturated heterocycles. The highest BCUT2D eigenvalue weighted by Crippen LogP contribution is 2.23. The Labute approximate surface area is 191 Å². The van der Waals surface area contributed by atoms with Crippen molar-refractivity contribution in [1.29, 1.82) is 0 Å². The molecule has 0 aliphatic heterocycles. The molecular weight excluding hydrogens is 420 g/mol. The number of ether oxygens (including phenoxy) is 1. The molecule has 162 valence electrons. The summed E-state index contributed by atoms with van der Waals surface area (Å²) in [6, 6.07) is 19.9. The largest absolute Gasteiger partial charge is 0.497 e. The number of rotatable bonds is 7. The van der Waals surface area contributed by atoms with E-state index in [0.29, 0.717) is 0 Å². The predicted octanol–water partition coefficient (Wildman–Crippen LogP) is 4.89. The molecule has 1 amide bonds. The molecule has 0 bridgehead atoms. The van der Waals surface area contributed by atoms with Crippen molar-refractivity contribution in [3.05, 3.63) is 83.8 Å². The first-order valence-electron chi connectivity index (χ1n) is 10.2. The molecule has 0 spiro atoms. The molecule has 0 atom stereocenters. The summed E-state index contributed by atoms with van der Waals surface area (Å²) in [5.74, 6) is 0.924. The van der Waals surface area contributed by atoms with Gasteiger partial charge in [0.15, 0.2) is 0 Å². The fourth-order valence-electron chi connectivity index (χ4n) is 3.54. The SMILES string of the molecule is COc1ccc(SCC(=O)N/N=C/c2cc(C)n(-c3ccc4ncccc4c3)c2C)cc1. The van der Waals surface area contributed by atoms with E-state index in [2.05, 4.69) is 51.3 Å². The summed E-state index contributed by atoms with van der Waals surface area (Å²) in [5, 5.41) is 5.25. The number of hydrogen-bond acceptors (Lipinski definition) is 5. The smallest absolute Gasteiger partial charge is 0.250 e. The van der Waals surface area contributed by atoms with Gasteiger partial charge in [0.05, 0.1) is 24.6 Å². The molecule has 0 unspecified atom stereocenters. The number of carbonyl (C=O) groups is 1. The Morgan fingerprint density at radius 3 is 2.75 bits per heavy atom. The molecule has 0 radical (unpaired) electrons. The number of benzene rings is 2. The Morgan fingerprint density at radius 1 is 1.16 bits per heavy atom. The lowest BCUT2D eigenvalue weighted by atomic mass is 10.2. The molecule has 32 heavy (non-hydrogen) atoms. The van der Waals surface area contributed by atoms with Gasteiger partial charge < -0.3 is 9.30 Å². The third kappa shape index (κ3) is 4.84. The van der Waals surface area contributed by atoms with E-state index in [9.17, 15) is 4.79 Å². The number of methoxy groups -OCH3 is 1. The molecule has 4 aromatic rings. The number of nitrogens with one attached hydrogen (secondary N) is 1. The Bertz CT molecular complexity index is 1280. The average molecular weight is 445 g/mol. The standard InChI is InChI=1S/C25H24N4O2S/c1-17-13-20(15-27-28-25(30)16-32-23-9-7-22(31-3)8-10-23)18(2)29(17)21-6-11-24-19(14-21)5-4-12-26-24/h4-15H,16H2,1-3H3,(H,28,30)/b27-15+. The number of carbonyl (C=O) groups excluding carboxylic acids is 1. The maximum absolute atomic E-state index is 12.2. The van der Waals surface area contributed by atoms with Crippen LogP contribution in [0.5, 0.6) is 5.75 Å². The fraction of sp³-hybridized carbons (Fsp3) is 0.160. The van der Waals surface area contributed by atoms with Gasteiger partial charge in [0.2, 0.25) is 5.91 Å². The normalized spacial score (nSPS) is 11.2. The number of hydrazone groups is 1. The van der Waals surface area contributed by atoms with Crippen LogP contribution < -0.4 is 10.2 Å². The van der Waals surface area contributed by atoms with E-state index in [0.717, 1.165) is 44.2 Å². The number of thioether (sulfide) groups is 1. The van der Waals surface area contributed by atoms with Crippen molar-refractivity contribution >= 4 is 34.8 Å². The minimum Gasteiger partial charge on any atom is -0.497 e. The average Bonchev–Trinajstić information content (AvgIpc) is 3.10. The molecule has 1 N–H and O–H groups in total. The third-order valence-corrected chi connectivity index (χ3v) is 6.15. The highest BCUT2D eigenvalue weighted by molar-refractivity contribution is 8.00. The number of hydrogen-bond donors (Lipinski definition) is 1. The lowest BCUT2D eigenvalue weighted by molar-refractivity contribution is -0.118. The second-order valence-corrected chi connectivity index (χ2v) is 8.35. The van der Waals surface area contributed by atoms with Gasteiger partial charge in [-0.3, -0.25) is 9.78 Å². The Morgan fingerprint density at radius 2 is 1.97 bits per heavy atom. The molecule has 2 aromatic carbocycles. The number of aryl methyl sites for hydroxylation is 1. The summed E-state index contributed by atoms with van der Waals surface area (Å²) < 4.78 is 7.32. The van der Waals surface area contributed by atoms with Gasteiger partial charge in [0.25, 0.3) is 0 Å². The van der Waals surface area contributed by atoms with Gasteiger partial charge in [-0.25, -0.2) is 5.43 Å². The van der Waals surface area contributed by atoms with E-state index in [1.807, 2.05) is 43.3 Å². The Hall–Kier alpha value is -3.58. The van der Waals surface area contributed by atoms with Crippen LogP contribution in [0.1, 0.15) is 17.0 Å². The van der Waals surface area contributed by atoms with Crippen LogP contribution >= 0.6 is 11.8 Å². The van der Waals surface area contributed by atoms with E-state index in [4.69, 9.17) is 4.74 Å². The van der Waals surface area contributed by atoms with Gasteiger partial charge in [0, 0.05) is 39.1 Å². The van der Waals surface area contributed by atoms with Crippen molar-refractivity contribution in [3.8, 4) is 11.4 Å². The van der Waals surface area contributed by atoms with Gasteiger partial charge in [0.1, 0.15) is 5.75 Å². The van der Waals surface area contributed by atoms with Crippen molar-refractivity contribution in [3.63, 3.8) is 0 Å². The first-order chi connectivity index (χ1) is 15.5. The minimum atomic E-state index is -0.155. The van der Waals surface area contributed by atoms with Crippen molar-refractivity contribution in [1.82, 2.24) is 15.0 Å². The summed E-state index contributed by atoms with van der Waals surface area (Å²) in [6.45, 7) is 4.10. The van der Waals surface area contributed by atoms with Crippen LogP contribution in [0.15, 0.2) is 76.9 Å². The molecule has 0 aliphatic rings. The number of amides is 1. The second kappa shape index (κ2) is 9.70. The summed E-state index contributed by atoms with van der Waals surface area (Å²) in [5.41, 5.74) is 7.75. The molecule has 7 heteroatoms. The zero-order chi connectivity index (χ0) is 22.5. The van der Waals surface area contributed by atoms with Crippen molar-refractivity contribution in [2.24, 2.45) is 5.10 Å². The fourth-order valence-corrected chi connectivity index (χ4v) is 4.24. The lowest BCUT2D eigenvalue weighted by Crippen LogP contribution is -2.19.